The summed E-state index contributed by atoms with van der Waals surface area (Å²) in [6.07, 6.45) is 7.77. The van der Waals surface area contributed by atoms with E-state index in [-0.39, 0.29) is 6.04 Å². The molecule has 1 atom stereocenters. The van der Waals surface area contributed by atoms with Crippen LogP contribution < -0.4 is 16.0 Å². The van der Waals surface area contributed by atoms with Gasteiger partial charge in [0.25, 0.3) is 0 Å². The molecular weight excluding hydrogens is 386 g/mol. The summed E-state index contributed by atoms with van der Waals surface area (Å²) in [5, 5.41) is 13.3. The van der Waals surface area contributed by atoms with Gasteiger partial charge in [-0.15, -0.1) is 0 Å². The van der Waals surface area contributed by atoms with Crippen LogP contribution in [0.4, 0.5) is 16.6 Å². The van der Waals surface area contributed by atoms with Gasteiger partial charge in [0.2, 0.25) is 0 Å². The van der Waals surface area contributed by atoms with E-state index >= 15 is 0 Å². The molecule has 4 aromatic heterocycles. The molecule has 1 aliphatic heterocycles. The van der Waals surface area contributed by atoms with Gasteiger partial charge < -0.3 is 16.0 Å². The van der Waals surface area contributed by atoms with Crippen molar-refractivity contribution < 1.29 is 0 Å². The molecule has 0 aromatic carbocycles. The van der Waals surface area contributed by atoms with Gasteiger partial charge in [0.15, 0.2) is 5.65 Å². The highest BCUT2D eigenvalue weighted by Crippen LogP contribution is 2.31. The van der Waals surface area contributed by atoms with E-state index in [1.165, 1.54) is 11.5 Å². The fourth-order valence-electron chi connectivity index (χ4n) is 3.73. The zero-order chi connectivity index (χ0) is 20.0. The first-order chi connectivity index (χ1) is 14.1. The van der Waals surface area contributed by atoms with Gasteiger partial charge in [-0.1, -0.05) is 0 Å². The Morgan fingerprint density at radius 3 is 2.86 bits per heavy atom. The molecule has 29 heavy (non-hydrogen) atoms. The van der Waals surface area contributed by atoms with E-state index in [0.29, 0.717) is 0 Å². The average molecular weight is 410 g/mol. The molecular formula is C19H23N9S. The molecule has 3 N–H and O–H groups in total. The first kappa shape index (κ1) is 18.1. The number of rotatable bonds is 4. The molecule has 9 nitrogen and oxygen atoms in total. The fourth-order valence-corrected chi connectivity index (χ4v) is 4.40. The van der Waals surface area contributed by atoms with Crippen LogP contribution >= 0.6 is 11.5 Å². The number of piperidine rings is 1. The number of aromatic nitrogens is 6. The van der Waals surface area contributed by atoms with Crippen LogP contribution in [0.5, 0.6) is 0 Å². The second-order valence-corrected chi connectivity index (χ2v) is 8.31. The third-order valence-corrected chi connectivity index (χ3v) is 5.93. The molecule has 10 heteroatoms. The molecule has 0 radical (unpaired) electrons. The minimum atomic E-state index is 0.171. The monoisotopic (exact) mass is 409 g/mol. The number of nitrogens with zero attached hydrogens (tertiary/aromatic N) is 7. The maximum Gasteiger partial charge on any atom is 0.167 e. The molecule has 1 aliphatic rings. The number of nitrogens with two attached hydrogens (primary N) is 1. The summed E-state index contributed by atoms with van der Waals surface area (Å²) in [5.41, 5.74) is 9.94. The lowest BCUT2D eigenvalue weighted by Crippen LogP contribution is -2.43. The number of anilines is 3. The van der Waals surface area contributed by atoms with Crippen molar-refractivity contribution in [2.45, 2.75) is 25.8 Å². The highest BCUT2D eigenvalue weighted by atomic mass is 32.1. The number of nitrogens with one attached hydrogen (secondary N) is 1. The molecule has 5 heterocycles. The lowest BCUT2D eigenvalue weighted by atomic mass is 10.1. The minimum Gasteiger partial charge on any atom is -0.355 e. The molecule has 0 amide bonds. The summed E-state index contributed by atoms with van der Waals surface area (Å²) in [7, 11) is 1.91. The van der Waals surface area contributed by atoms with E-state index in [9.17, 15) is 0 Å². The molecule has 0 aliphatic carbocycles. The third kappa shape index (κ3) is 3.45. The Hall–Kier alpha value is -2.98. The first-order valence-electron chi connectivity index (χ1n) is 9.65. The Balaban J connectivity index is 1.64. The summed E-state index contributed by atoms with van der Waals surface area (Å²) in [5.74, 6) is 1.75. The van der Waals surface area contributed by atoms with Crippen LogP contribution in [-0.2, 0) is 7.05 Å². The summed E-state index contributed by atoms with van der Waals surface area (Å²) in [4.78, 5) is 7.23. The number of aryl methyl sites for hydroxylation is 2. The summed E-state index contributed by atoms with van der Waals surface area (Å²) in [6.45, 7) is 3.74. The topological polar surface area (TPSA) is 102 Å². The summed E-state index contributed by atoms with van der Waals surface area (Å²) >= 11 is 1.43. The van der Waals surface area contributed by atoms with E-state index in [1.54, 1.807) is 4.68 Å². The van der Waals surface area contributed by atoms with Gasteiger partial charge in [-0.3, -0.25) is 4.68 Å². The van der Waals surface area contributed by atoms with Crippen molar-refractivity contribution in [2.24, 2.45) is 12.8 Å². The fraction of sp³-hybridized carbons (Fsp3) is 0.368. The molecule has 4 aromatic rings. The van der Waals surface area contributed by atoms with Gasteiger partial charge in [-0.2, -0.15) is 19.1 Å². The predicted octanol–water partition coefficient (Wildman–Crippen LogP) is 2.57. The van der Waals surface area contributed by atoms with Gasteiger partial charge in [0.05, 0.1) is 18.1 Å². The quantitative estimate of drug-likeness (QED) is 0.534. The Morgan fingerprint density at radius 1 is 1.24 bits per heavy atom. The van der Waals surface area contributed by atoms with Crippen molar-refractivity contribution in [3.05, 3.63) is 36.4 Å². The maximum atomic E-state index is 6.22. The highest BCUT2D eigenvalue weighted by Gasteiger charge is 2.21. The zero-order valence-electron chi connectivity index (χ0n) is 16.4. The Labute approximate surface area is 172 Å². The van der Waals surface area contributed by atoms with Crippen LogP contribution in [0, 0.1) is 6.92 Å². The Morgan fingerprint density at radius 2 is 2.14 bits per heavy atom. The van der Waals surface area contributed by atoms with Crippen molar-refractivity contribution in [1.29, 1.82) is 0 Å². The Kier molecular flexibility index (Phi) is 4.44. The van der Waals surface area contributed by atoms with Crippen LogP contribution in [0.2, 0.25) is 0 Å². The second kappa shape index (κ2) is 7.12. The van der Waals surface area contributed by atoms with E-state index in [1.807, 2.05) is 49.2 Å². The number of hydrogen-bond acceptors (Lipinski definition) is 8. The molecule has 0 saturated carbocycles. The van der Waals surface area contributed by atoms with Crippen molar-refractivity contribution in [3.8, 4) is 11.1 Å². The number of fused-ring (bicyclic) bond motifs is 1. The second-order valence-electron chi connectivity index (χ2n) is 7.50. The van der Waals surface area contributed by atoms with Crippen molar-refractivity contribution in [1.82, 2.24) is 28.8 Å². The first-order valence-corrected chi connectivity index (χ1v) is 10.4. The van der Waals surface area contributed by atoms with Gasteiger partial charge in [-0.05, 0) is 37.4 Å². The Bertz CT molecular complexity index is 1160. The molecule has 0 spiro atoms. The maximum absolute atomic E-state index is 6.22. The molecule has 1 saturated heterocycles. The smallest absolute Gasteiger partial charge is 0.167 e. The van der Waals surface area contributed by atoms with Crippen molar-refractivity contribution in [2.75, 3.05) is 23.3 Å². The zero-order valence-corrected chi connectivity index (χ0v) is 17.2. The largest absolute Gasteiger partial charge is 0.355 e. The van der Waals surface area contributed by atoms with Crippen LogP contribution in [-0.4, -0.2) is 47.9 Å². The molecule has 150 valence electrons. The minimum absolute atomic E-state index is 0.171. The molecule has 0 bridgehead atoms. The van der Waals surface area contributed by atoms with Gasteiger partial charge in [0.1, 0.15) is 16.6 Å². The van der Waals surface area contributed by atoms with E-state index in [0.717, 1.165) is 65.0 Å². The van der Waals surface area contributed by atoms with Crippen molar-refractivity contribution >= 4 is 33.8 Å². The van der Waals surface area contributed by atoms with Crippen LogP contribution in [0.25, 0.3) is 16.8 Å². The normalized spacial score (nSPS) is 17.2. The molecule has 0 unspecified atom stereocenters. The van der Waals surface area contributed by atoms with Crippen LogP contribution in [0.1, 0.15) is 18.5 Å². The SMILES string of the molecule is Cc1cc(Nc2cc(N3CCC[C@@H](N)C3)nc3c(-c4cnn(C)c4)cnn23)sn1. The van der Waals surface area contributed by atoms with E-state index in [4.69, 9.17) is 10.7 Å². The summed E-state index contributed by atoms with van der Waals surface area (Å²) in [6, 6.07) is 4.24. The standard InChI is InChI=1S/C19H23N9S/c1-12-6-18(29-25-12)23-17-7-16(27-5-3-4-14(20)11-27)24-19-15(9-22-28(17)19)13-8-21-26(2)10-13/h6-10,14,23H,3-5,11,20H2,1-2H3/t14-/m1/s1. The number of hydrogen-bond donors (Lipinski definition) is 2. The van der Waals surface area contributed by atoms with Gasteiger partial charge in [-0.25, -0.2) is 4.98 Å². The predicted molar refractivity (Wildman–Crippen MR) is 115 cm³/mol. The van der Waals surface area contributed by atoms with Crippen LogP contribution in [0.15, 0.2) is 30.7 Å². The van der Waals surface area contributed by atoms with E-state index < -0.39 is 0 Å². The highest BCUT2D eigenvalue weighted by molar-refractivity contribution is 7.10. The average Bonchev–Trinajstić information content (AvgIpc) is 3.41. The lowest BCUT2D eigenvalue weighted by Gasteiger charge is -2.32. The van der Waals surface area contributed by atoms with Crippen molar-refractivity contribution in [3.63, 3.8) is 0 Å². The van der Waals surface area contributed by atoms with Gasteiger partial charge >= 0.3 is 0 Å². The molecule has 1 fully saturated rings. The van der Waals surface area contributed by atoms with Crippen LogP contribution in [0.3, 0.4) is 0 Å². The van der Waals surface area contributed by atoms with E-state index in [2.05, 4.69) is 24.8 Å². The molecule has 5 rings (SSSR count). The third-order valence-electron chi connectivity index (χ3n) is 5.14. The van der Waals surface area contributed by atoms with Gasteiger partial charge in [0, 0.05) is 49.6 Å². The summed E-state index contributed by atoms with van der Waals surface area (Å²) < 4.78 is 7.99. The lowest BCUT2D eigenvalue weighted by molar-refractivity contribution is 0.503.